The van der Waals surface area contributed by atoms with Crippen LogP contribution in [-0.4, -0.2) is 87.5 Å². The molecule has 1 fully saturated rings. The molecular weight excluding hydrogens is 743 g/mol. The Morgan fingerprint density at radius 2 is 0.932 bits per heavy atom. The molecule has 1 aliphatic heterocycles. The van der Waals surface area contributed by atoms with Gasteiger partial charge in [-0.2, -0.15) is 0 Å². The molecule has 0 aromatic carbocycles. The van der Waals surface area contributed by atoms with E-state index in [9.17, 15) is 30.3 Å². The van der Waals surface area contributed by atoms with E-state index in [0.29, 0.717) is 6.42 Å². The van der Waals surface area contributed by atoms with Crippen molar-refractivity contribution in [1.29, 1.82) is 0 Å². The van der Waals surface area contributed by atoms with Crippen molar-refractivity contribution in [2.24, 2.45) is 0 Å². The first-order valence-corrected chi connectivity index (χ1v) is 25.4. The Kier molecular flexibility index (Phi) is 38.9. The fraction of sp³-hybridized carbons (Fsp3) is 0.940. The van der Waals surface area contributed by atoms with E-state index in [1.165, 1.54) is 186 Å². The van der Waals surface area contributed by atoms with E-state index in [-0.39, 0.29) is 12.5 Å². The summed E-state index contributed by atoms with van der Waals surface area (Å²) in [7, 11) is 0. The maximum absolute atomic E-state index is 13.0. The molecule has 350 valence electrons. The van der Waals surface area contributed by atoms with Crippen molar-refractivity contribution >= 4 is 5.91 Å². The van der Waals surface area contributed by atoms with Crippen molar-refractivity contribution < 1.29 is 39.8 Å². The summed E-state index contributed by atoms with van der Waals surface area (Å²) in [4.78, 5) is 13.0. The zero-order chi connectivity index (χ0) is 43.0. The number of amides is 1. The minimum Gasteiger partial charge on any atom is -0.394 e. The number of aliphatic hydroxyl groups is 5. The zero-order valence-corrected chi connectivity index (χ0v) is 38.5. The molecule has 0 saturated carbocycles. The van der Waals surface area contributed by atoms with Crippen LogP contribution in [-0.2, 0) is 14.3 Å². The van der Waals surface area contributed by atoms with Gasteiger partial charge in [0.05, 0.1) is 25.4 Å². The van der Waals surface area contributed by atoms with Gasteiger partial charge in [0.2, 0.25) is 5.91 Å². The average Bonchev–Trinajstić information content (AvgIpc) is 3.23. The van der Waals surface area contributed by atoms with Crippen molar-refractivity contribution in [2.45, 2.75) is 288 Å². The van der Waals surface area contributed by atoms with Gasteiger partial charge in [0.15, 0.2) is 6.29 Å². The second kappa shape index (κ2) is 41.0. The molecule has 1 aliphatic rings. The van der Waals surface area contributed by atoms with Crippen molar-refractivity contribution in [3.8, 4) is 0 Å². The number of hydrogen-bond donors (Lipinski definition) is 6. The van der Waals surface area contributed by atoms with Crippen LogP contribution in [0, 0.1) is 0 Å². The van der Waals surface area contributed by atoms with Crippen LogP contribution in [0.15, 0.2) is 12.2 Å². The van der Waals surface area contributed by atoms with Crippen LogP contribution in [0.4, 0.5) is 0 Å². The highest BCUT2D eigenvalue weighted by molar-refractivity contribution is 5.76. The summed E-state index contributed by atoms with van der Waals surface area (Å²) in [6, 6.07) is -0.798. The lowest BCUT2D eigenvalue weighted by atomic mass is 9.99. The second-order valence-electron chi connectivity index (χ2n) is 18.0. The Morgan fingerprint density at radius 3 is 1.32 bits per heavy atom. The Bertz CT molecular complexity index is 935. The molecule has 1 rings (SSSR count). The van der Waals surface area contributed by atoms with Gasteiger partial charge in [-0.15, -0.1) is 0 Å². The van der Waals surface area contributed by atoms with E-state index in [1.807, 2.05) is 6.08 Å². The highest BCUT2D eigenvalue weighted by Crippen LogP contribution is 2.23. The number of ether oxygens (including phenoxy) is 2. The molecule has 0 spiro atoms. The van der Waals surface area contributed by atoms with Crippen molar-refractivity contribution in [1.82, 2.24) is 5.32 Å². The minimum atomic E-state index is -1.56. The molecule has 9 heteroatoms. The van der Waals surface area contributed by atoms with Gasteiger partial charge < -0.3 is 40.3 Å². The molecular formula is C50H97NO8. The standard InChI is InChI=1S/C50H97NO8/c1-3-5-7-9-11-13-15-17-18-19-20-21-22-23-24-25-26-28-30-32-34-36-38-40-46(54)51-43(42-58-50-49(57)48(56)47(55)45(41-52)59-50)44(53)39-37-35-33-31-29-27-16-14-12-10-8-6-4-2/h37,39,43-45,47-50,52-53,55-57H,3-36,38,40-42H2,1-2H3,(H,51,54)/b39-37+/t43?,44?,45-,47-,48+,49-,50+/m1/s1. The third-order valence-electron chi connectivity index (χ3n) is 12.4. The van der Waals surface area contributed by atoms with E-state index in [2.05, 4.69) is 19.2 Å². The van der Waals surface area contributed by atoms with Crippen LogP contribution >= 0.6 is 0 Å². The first kappa shape index (κ1) is 55.9. The molecule has 1 saturated heterocycles. The minimum absolute atomic E-state index is 0.172. The SMILES string of the molecule is CCCCCCCCCCCCC/C=C/C(O)C(CO[C@H]1O[C@H](CO)[C@@H](O)[C@H](O)[C@H]1O)NC(=O)CCCCCCCCCCCCCCCCCCCCCCCCC. The number of carbonyl (C=O) groups excluding carboxylic acids is 1. The molecule has 59 heavy (non-hydrogen) atoms. The van der Waals surface area contributed by atoms with Crippen LogP contribution in [0.1, 0.15) is 245 Å². The van der Waals surface area contributed by atoms with Gasteiger partial charge in [-0.3, -0.25) is 4.79 Å². The van der Waals surface area contributed by atoms with E-state index >= 15 is 0 Å². The third-order valence-corrected chi connectivity index (χ3v) is 12.4. The van der Waals surface area contributed by atoms with Crippen molar-refractivity contribution in [3.05, 3.63) is 12.2 Å². The fourth-order valence-electron chi connectivity index (χ4n) is 8.28. The molecule has 0 radical (unpaired) electrons. The average molecular weight is 840 g/mol. The first-order valence-electron chi connectivity index (χ1n) is 25.4. The fourth-order valence-corrected chi connectivity index (χ4v) is 8.28. The summed E-state index contributed by atoms with van der Waals surface area (Å²) in [5.41, 5.74) is 0. The Balaban J connectivity index is 2.24. The third kappa shape index (κ3) is 31.4. The smallest absolute Gasteiger partial charge is 0.220 e. The topological polar surface area (TPSA) is 149 Å². The van der Waals surface area contributed by atoms with Crippen LogP contribution in [0.25, 0.3) is 0 Å². The maximum Gasteiger partial charge on any atom is 0.220 e. The zero-order valence-electron chi connectivity index (χ0n) is 38.5. The summed E-state index contributed by atoms with van der Waals surface area (Å²) in [6.45, 7) is 3.79. The van der Waals surface area contributed by atoms with Gasteiger partial charge in [-0.1, -0.05) is 231 Å². The van der Waals surface area contributed by atoms with Gasteiger partial charge in [0.25, 0.3) is 0 Å². The van der Waals surface area contributed by atoms with Gasteiger partial charge >= 0.3 is 0 Å². The van der Waals surface area contributed by atoms with Crippen molar-refractivity contribution in [2.75, 3.05) is 13.2 Å². The highest BCUT2D eigenvalue weighted by Gasteiger charge is 2.44. The van der Waals surface area contributed by atoms with Crippen LogP contribution in [0.3, 0.4) is 0 Å². The predicted molar refractivity (Wildman–Crippen MR) is 244 cm³/mol. The quantitative estimate of drug-likeness (QED) is 0.0263. The molecule has 0 aliphatic carbocycles. The van der Waals surface area contributed by atoms with E-state index in [4.69, 9.17) is 9.47 Å². The molecule has 0 aromatic heterocycles. The molecule has 0 aromatic rings. The second-order valence-corrected chi connectivity index (χ2v) is 18.0. The predicted octanol–water partition coefficient (Wildman–Crippen LogP) is 11.3. The molecule has 0 bridgehead atoms. The Hall–Kier alpha value is -1.07. The Labute approximate surface area is 363 Å². The molecule has 2 unspecified atom stereocenters. The Morgan fingerprint density at radius 1 is 0.559 bits per heavy atom. The van der Waals surface area contributed by atoms with Gasteiger partial charge in [0.1, 0.15) is 24.4 Å². The lowest BCUT2D eigenvalue weighted by Crippen LogP contribution is -2.60. The first-order chi connectivity index (χ1) is 28.8. The van der Waals surface area contributed by atoms with E-state index in [0.717, 1.165) is 38.5 Å². The molecule has 6 N–H and O–H groups in total. The van der Waals surface area contributed by atoms with Crippen molar-refractivity contribution in [3.63, 3.8) is 0 Å². The normalized spacial score (nSPS) is 20.7. The molecule has 7 atom stereocenters. The molecule has 9 nitrogen and oxygen atoms in total. The number of unbranched alkanes of at least 4 members (excludes halogenated alkanes) is 33. The number of nitrogens with one attached hydrogen (secondary N) is 1. The van der Waals surface area contributed by atoms with E-state index < -0.39 is 49.5 Å². The highest BCUT2D eigenvalue weighted by atomic mass is 16.7. The number of aliphatic hydroxyl groups excluding tert-OH is 5. The maximum atomic E-state index is 13.0. The van der Waals surface area contributed by atoms with E-state index in [1.54, 1.807) is 6.08 Å². The summed E-state index contributed by atoms with van der Waals surface area (Å²) in [6.07, 6.45) is 41.2. The molecule has 1 amide bonds. The summed E-state index contributed by atoms with van der Waals surface area (Å²) in [5.74, 6) is -0.172. The van der Waals surface area contributed by atoms with Gasteiger partial charge in [-0.05, 0) is 19.3 Å². The number of allylic oxidation sites excluding steroid dienone is 1. The summed E-state index contributed by atoms with van der Waals surface area (Å²) in [5, 5.41) is 54.3. The van der Waals surface area contributed by atoms with Gasteiger partial charge in [0, 0.05) is 6.42 Å². The lowest BCUT2D eigenvalue weighted by molar-refractivity contribution is -0.302. The lowest BCUT2D eigenvalue weighted by Gasteiger charge is -2.40. The summed E-state index contributed by atoms with van der Waals surface area (Å²) < 4.78 is 11.2. The van der Waals surface area contributed by atoms with Gasteiger partial charge in [-0.25, -0.2) is 0 Å². The number of hydrogen-bond acceptors (Lipinski definition) is 8. The van der Waals surface area contributed by atoms with Crippen LogP contribution in [0.5, 0.6) is 0 Å². The number of carbonyl (C=O) groups is 1. The summed E-state index contributed by atoms with van der Waals surface area (Å²) >= 11 is 0. The molecule has 1 heterocycles. The monoisotopic (exact) mass is 840 g/mol. The van der Waals surface area contributed by atoms with Crippen LogP contribution in [0.2, 0.25) is 0 Å². The van der Waals surface area contributed by atoms with Crippen LogP contribution < -0.4 is 5.32 Å². The largest absolute Gasteiger partial charge is 0.394 e. The number of rotatable bonds is 43.